The van der Waals surface area contributed by atoms with Crippen LogP contribution in [0.1, 0.15) is 57.6 Å². The Morgan fingerprint density at radius 3 is 2.22 bits per heavy atom. The maximum Gasteiger partial charge on any atom is 0.410 e. The number of thiophene rings is 1. The number of hydrogen-bond donors (Lipinski definition) is 0. The number of carbonyl (C=O) groups excluding carboxylic acids is 2. The highest BCUT2D eigenvalue weighted by Crippen LogP contribution is 2.37. The number of pyridine rings is 1. The van der Waals surface area contributed by atoms with Gasteiger partial charge < -0.3 is 14.5 Å². The summed E-state index contributed by atoms with van der Waals surface area (Å²) in [7, 11) is 0. The average molecular weight is 540 g/mol. The van der Waals surface area contributed by atoms with Gasteiger partial charge in [0.15, 0.2) is 0 Å². The van der Waals surface area contributed by atoms with Gasteiger partial charge in [0.25, 0.3) is 5.91 Å². The first-order valence-electron chi connectivity index (χ1n) is 12.4. The van der Waals surface area contributed by atoms with E-state index in [1.165, 1.54) is 0 Å². The summed E-state index contributed by atoms with van der Waals surface area (Å²) in [6.45, 7) is 13.8. The van der Waals surface area contributed by atoms with Gasteiger partial charge in [-0.15, -0.1) is 11.3 Å². The van der Waals surface area contributed by atoms with Gasteiger partial charge in [-0.3, -0.25) is 9.78 Å². The maximum absolute atomic E-state index is 13.1. The molecule has 4 rings (SSSR count). The molecule has 8 heteroatoms. The van der Waals surface area contributed by atoms with Crippen molar-refractivity contribution in [2.75, 3.05) is 26.2 Å². The lowest BCUT2D eigenvalue weighted by molar-refractivity contribution is 0.0141. The molecule has 2 amide bonds. The summed E-state index contributed by atoms with van der Waals surface area (Å²) in [5, 5.41) is 2.62. The molecule has 1 aliphatic heterocycles. The van der Waals surface area contributed by atoms with Crippen LogP contribution in [0, 0.1) is 0 Å². The van der Waals surface area contributed by atoms with E-state index in [0.29, 0.717) is 36.8 Å². The molecule has 0 spiro atoms. The molecule has 3 heterocycles. The van der Waals surface area contributed by atoms with E-state index in [1.807, 2.05) is 45.2 Å². The number of nitrogens with zero attached hydrogens (tertiary/aromatic N) is 3. The lowest BCUT2D eigenvalue weighted by Crippen LogP contribution is -2.51. The summed E-state index contributed by atoms with van der Waals surface area (Å²) in [5.74, 6) is -0.0882. The quantitative estimate of drug-likeness (QED) is 0.355. The molecule has 0 saturated carbocycles. The third-order valence-corrected chi connectivity index (χ3v) is 7.45. The fourth-order valence-corrected chi connectivity index (χ4v) is 5.30. The van der Waals surface area contributed by atoms with E-state index in [0.717, 1.165) is 27.3 Å². The van der Waals surface area contributed by atoms with Crippen LogP contribution in [-0.4, -0.2) is 58.6 Å². The van der Waals surface area contributed by atoms with Gasteiger partial charge in [-0.1, -0.05) is 38.4 Å². The second-order valence-electron chi connectivity index (χ2n) is 11.3. The molecule has 37 heavy (non-hydrogen) atoms. The van der Waals surface area contributed by atoms with Gasteiger partial charge in [-0.2, -0.15) is 0 Å². The van der Waals surface area contributed by atoms with Gasteiger partial charge in [0.1, 0.15) is 5.60 Å². The predicted octanol–water partition coefficient (Wildman–Crippen LogP) is 7.12. The van der Waals surface area contributed by atoms with Gasteiger partial charge in [0.2, 0.25) is 0 Å². The van der Waals surface area contributed by atoms with Gasteiger partial charge in [-0.05, 0) is 67.6 Å². The molecule has 1 saturated heterocycles. The first-order valence-corrected chi connectivity index (χ1v) is 13.7. The Kier molecular flexibility index (Phi) is 7.67. The molecule has 2 aromatic heterocycles. The SMILES string of the molecule is CC(C)(C)OC(=O)N1CCN(C(=O)c2ccc(-c3csc(-c4ccnc(C(C)(C)C)c4)c3)c(Cl)c2)CC1. The molecular weight excluding hydrogens is 506 g/mol. The van der Waals surface area contributed by atoms with E-state index < -0.39 is 5.60 Å². The van der Waals surface area contributed by atoms with Crippen LogP contribution < -0.4 is 0 Å². The Hall–Kier alpha value is -2.90. The summed E-state index contributed by atoms with van der Waals surface area (Å²) in [4.78, 5) is 34.5. The van der Waals surface area contributed by atoms with Gasteiger partial charge in [-0.25, -0.2) is 4.79 Å². The van der Waals surface area contributed by atoms with Crippen molar-refractivity contribution in [1.29, 1.82) is 0 Å². The minimum Gasteiger partial charge on any atom is -0.444 e. The lowest BCUT2D eigenvalue weighted by atomic mass is 9.90. The largest absolute Gasteiger partial charge is 0.444 e. The van der Waals surface area contributed by atoms with Crippen molar-refractivity contribution in [2.24, 2.45) is 0 Å². The summed E-state index contributed by atoms with van der Waals surface area (Å²) < 4.78 is 5.44. The van der Waals surface area contributed by atoms with Crippen LogP contribution >= 0.6 is 22.9 Å². The van der Waals surface area contributed by atoms with Gasteiger partial charge in [0.05, 0.1) is 0 Å². The molecule has 1 aromatic carbocycles. The number of piperazine rings is 1. The molecule has 6 nitrogen and oxygen atoms in total. The number of halogens is 1. The van der Waals surface area contributed by atoms with Crippen molar-refractivity contribution in [3.8, 4) is 21.6 Å². The van der Waals surface area contributed by atoms with E-state index in [9.17, 15) is 9.59 Å². The second-order valence-corrected chi connectivity index (χ2v) is 12.7. The molecule has 0 atom stereocenters. The zero-order valence-electron chi connectivity index (χ0n) is 22.3. The number of benzene rings is 1. The molecule has 0 unspecified atom stereocenters. The summed E-state index contributed by atoms with van der Waals surface area (Å²) in [6.07, 6.45) is 1.51. The number of rotatable bonds is 3. The molecule has 0 N–H and O–H groups in total. The minimum atomic E-state index is -0.542. The third kappa shape index (κ3) is 6.51. The summed E-state index contributed by atoms with van der Waals surface area (Å²) in [5.41, 5.74) is 4.06. The summed E-state index contributed by atoms with van der Waals surface area (Å²) in [6, 6.07) is 11.8. The first-order chi connectivity index (χ1) is 17.3. The van der Waals surface area contributed by atoms with E-state index in [1.54, 1.807) is 27.2 Å². The highest BCUT2D eigenvalue weighted by molar-refractivity contribution is 7.14. The molecule has 0 aliphatic carbocycles. The van der Waals surface area contributed by atoms with Crippen molar-refractivity contribution in [2.45, 2.75) is 52.6 Å². The Labute approximate surface area is 228 Å². The molecular formula is C29H34ClN3O3S. The topological polar surface area (TPSA) is 62.7 Å². The Morgan fingerprint density at radius 1 is 0.919 bits per heavy atom. The highest BCUT2D eigenvalue weighted by atomic mass is 35.5. The zero-order chi connectivity index (χ0) is 27.0. The number of ether oxygens (including phenoxy) is 1. The molecule has 1 aliphatic rings. The van der Waals surface area contributed by atoms with Crippen molar-refractivity contribution in [3.63, 3.8) is 0 Å². The first kappa shape index (κ1) is 27.1. The van der Waals surface area contributed by atoms with Crippen molar-refractivity contribution < 1.29 is 14.3 Å². The van der Waals surface area contributed by atoms with Crippen LogP contribution in [0.15, 0.2) is 48.0 Å². The van der Waals surface area contributed by atoms with Crippen LogP contribution in [0.2, 0.25) is 5.02 Å². The van der Waals surface area contributed by atoms with Crippen molar-refractivity contribution >= 4 is 34.9 Å². The normalized spacial score (nSPS) is 14.6. The number of aromatic nitrogens is 1. The molecule has 196 valence electrons. The van der Waals surface area contributed by atoms with E-state index in [4.69, 9.17) is 16.3 Å². The monoisotopic (exact) mass is 539 g/mol. The van der Waals surface area contributed by atoms with E-state index in [2.05, 4.69) is 43.3 Å². The average Bonchev–Trinajstić information content (AvgIpc) is 3.32. The Balaban J connectivity index is 1.44. The lowest BCUT2D eigenvalue weighted by Gasteiger charge is -2.35. The zero-order valence-corrected chi connectivity index (χ0v) is 23.9. The minimum absolute atomic E-state index is 0.0237. The third-order valence-electron chi connectivity index (χ3n) is 6.16. The smallest absolute Gasteiger partial charge is 0.410 e. The molecule has 0 bridgehead atoms. The van der Waals surface area contributed by atoms with Gasteiger partial charge in [0, 0.05) is 64.5 Å². The predicted molar refractivity (Wildman–Crippen MR) is 150 cm³/mol. The number of amides is 2. The van der Waals surface area contributed by atoms with Crippen molar-refractivity contribution in [1.82, 2.24) is 14.8 Å². The van der Waals surface area contributed by atoms with Crippen LogP contribution in [0.3, 0.4) is 0 Å². The molecule has 0 radical (unpaired) electrons. The van der Waals surface area contributed by atoms with Crippen LogP contribution in [0.25, 0.3) is 21.6 Å². The Bertz CT molecular complexity index is 1300. The summed E-state index contributed by atoms with van der Waals surface area (Å²) >= 11 is 8.33. The fourth-order valence-electron chi connectivity index (χ4n) is 4.11. The Morgan fingerprint density at radius 2 is 1.59 bits per heavy atom. The van der Waals surface area contributed by atoms with Crippen LogP contribution in [0.4, 0.5) is 4.79 Å². The van der Waals surface area contributed by atoms with E-state index in [-0.39, 0.29) is 17.4 Å². The van der Waals surface area contributed by atoms with E-state index >= 15 is 0 Å². The molecule has 1 fully saturated rings. The molecule has 3 aromatic rings. The van der Waals surface area contributed by atoms with Crippen LogP contribution in [0.5, 0.6) is 0 Å². The highest BCUT2D eigenvalue weighted by Gasteiger charge is 2.28. The van der Waals surface area contributed by atoms with Crippen LogP contribution in [-0.2, 0) is 10.2 Å². The number of hydrogen-bond acceptors (Lipinski definition) is 5. The standard InChI is InChI=1S/C29H34ClN3O3S/c1-28(2,3)25-17-19(9-10-31-25)24-16-21(18-37-24)22-8-7-20(15-23(22)30)26(34)32-11-13-33(14-12-32)27(35)36-29(4,5)6/h7-10,15-18H,11-14H2,1-6H3. The second kappa shape index (κ2) is 10.5. The number of carbonyl (C=O) groups is 2. The van der Waals surface area contributed by atoms with Crippen molar-refractivity contribution in [3.05, 3.63) is 64.3 Å². The fraction of sp³-hybridized carbons (Fsp3) is 0.414. The maximum atomic E-state index is 13.1. The van der Waals surface area contributed by atoms with Gasteiger partial charge >= 0.3 is 6.09 Å².